The van der Waals surface area contributed by atoms with E-state index in [1.807, 2.05) is 13.1 Å². The summed E-state index contributed by atoms with van der Waals surface area (Å²) in [5, 5.41) is 3.34. The van der Waals surface area contributed by atoms with Crippen LogP contribution in [0, 0.1) is 0 Å². The molecular formula is C14H22BrNO2. The van der Waals surface area contributed by atoms with E-state index in [2.05, 4.69) is 40.3 Å². The zero-order valence-corrected chi connectivity index (χ0v) is 12.9. The Hall–Kier alpha value is -0.580. The van der Waals surface area contributed by atoms with Gasteiger partial charge in [-0.2, -0.15) is 0 Å². The van der Waals surface area contributed by atoms with Gasteiger partial charge in [0.25, 0.3) is 0 Å². The molecule has 1 aromatic carbocycles. The van der Waals surface area contributed by atoms with E-state index < -0.39 is 0 Å². The van der Waals surface area contributed by atoms with E-state index in [1.54, 1.807) is 7.11 Å². The van der Waals surface area contributed by atoms with E-state index >= 15 is 0 Å². The fourth-order valence-electron chi connectivity index (χ4n) is 1.85. The molecule has 0 heterocycles. The number of ether oxygens (including phenoxy) is 2. The summed E-state index contributed by atoms with van der Waals surface area (Å²) in [5.41, 5.74) is 1.28. The molecule has 1 N–H and O–H groups in total. The predicted octanol–water partition coefficient (Wildman–Crippen LogP) is 3.53. The van der Waals surface area contributed by atoms with E-state index in [-0.39, 0.29) is 0 Å². The number of halogens is 1. The lowest BCUT2D eigenvalue weighted by atomic mass is 10.0. The molecule has 102 valence electrons. The molecule has 1 atom stereocenters. The molecule has 0 saturated carbocycles. The van der Waals surface area contributed by atoms with Gasteiger partial charge >= 0.3 is 0 Å². The Morgan fingerprint density at radius 2 is 2.11 bits per heavy atom. The van der Waals surface area contributed by atoms with Crippen molar-refractivity contribution < 1.29 is 9.47 Å². The number of benzene rings is 1. The van der Waals surface area contributed by atoms with Crippen molar-refractivity contribution in [1.82, 2.24) is 5.32 Å². The molecule has 0 aliphatic rings. The van der Waals surface area contributed by atoms with E-state index in [0.717, 1.165) is 23.1 Å². The maximum atomic E-state index is 5.61. The van der Waals surface area contributed by atoms with E-state index in [0.29, 0.717) is 19.3 Å². The zero-order chi connectivity index (χ0) is 13.4. The highest BCUT2D eigenvalue weighted by molar-refractivity contribution is 9.10. The molecule has 0 fully saturated rings. The van der Waals surface area contributed by atoms with Gasteiger partial charge in [-0.1, -0.05) is 19.4 Å². The van der Waals surface area contributed by atoms with Crippen LogP contribution in [-0.4, -0.2) is 27.4 Å². The fraction of sp³-hybridized carbons (Fsp3) is 0.571. The highest BCUT2D eigenvalue weighted by Gasteiger charge is 2.10. The Kier molecular flexibility index (Phi) is 7.32. The van der Waals surface area contributed by atoms with Gasteiger partial charge in [0.2, 0.25) is 0 Å². The third-order valence-corrected chi connectivity index (χ3v) is 3.45. The minimum absolute atomic E-state index is 0.402. The van der Waals surface area contributed by atoms with Crippen LogP contribution in [0.25, 0.3) is 0 Å². The van der Waals surface area contributed by atoms with Gasteiger partial charge in [0.1, 0.15) is 12.4 Å². The Balaban J connectivity index is 2.71. The lowest BCUT2D eigenvalue weighted by molar-refractivity contribution is 0.146. The maximum absolute atomic E-state index is 5.61. The minimum atomic E-state index is 0.402. The highest BCUT2D eigenvalue weighted by atomic mass is 79.9. The lowest BCUT2D eigenvalue weighted by Crippen LogP contribution is -2.16. The van der Waals surface area contributed by atoms with Crippen molar-refractivity contribution in [2.24, 2.45) is 0 Å². The number of hydrogen-bond donors (Lipinski definition) is 1. The second kappa shape index (κ2) is 8.51. The second-order valence-corrected chi connectivity index (χ2v) is 5.02. The molecule has 0 saturated heterocycles. The third-order valence-electron chi connectivity index (χ3n) is 2.83. The van der Waals surface area contributed by atoms with Crippen LogP contribution in [0.2, 0.25) is 0 Å². The molecule has 0 amide bonds. The molecule has 0 aliphatic heterocycles. The van der Waals surface area contributed by atoms with Crippen molar-refractivity contribution >= 4 is 15.9 Å². The average Bonchev–Trinajstić information content (AvgIpc) is 2.38. The van der Waals surface area contributed by atoms with Crippen LogP contribution in [0.15, 0.2) is 22.7 Å². The van der Waals surface area contributed by atoms with Crippen molar-refractivity contribution in [2.45, 2.75) is 25.8 Å². The van der Waals surface area contributed by atoms with E-state index in [1.165, 1.54) is 5.56 Å². The van der Waals surface area contributed by atoms with Crippen LogP contribution in [-0.2, 0) is 4.74 Å². The molecule has 0 radical (unpaired) electrons. The van der Waals surface area contributed by atoms with Crippen LogP contribution < -0.4 is 10.1 Å². The first kappa shape index (κ1) is 15.5. The number of rotatable bonds is 8. The molecular weight excluding hydrogens is 294 g/mol. The van der Waals surface area contributed by atoms with Crippen LogP contribution in [0.4, 0.5) is 0 Å². The summed E-state index contributed by atoms with van der Waals surface area (Å²) in [5.74, 6) is 0.863. The number of methoxy groups -OCH3 is 1. The van der Waals surface area contributed by atoms with Crippen molar-refractivity contribution in [2.75, 3.05) is 27.4 Å². The topological polar surface area (TPSA) is 30.5 Å². The second-order valence-electron chi connectivity index (χ2n) is 4.16. The van der Waals surface area contributed by atoms with Crippen molar-refractivity contribution in [3.8, 4) is 5.75 Å². The molecule has 0 aromatic heterocycles. The van der Waals surface area contributed by atoms with Gasteiger partial charge in [-0.05, 0) is 47.1 Å². The zero-order valence-electron chi connectivity index (χ0n) is 11.3. The molecule has 1 aromatic rings. The summed E-state index contributed by atoms with van der Waals surface area (Å²) < 4.78 is 11.6. The van der Waals surface area contributed by atoms with Crippen molar-refractivity contribution in [1.29, 1.82) is 0 Å². The van der Waals surface area contributed by atoms with Gasteiger partial charge in [-0.25, -0.2) is 0 Å². The first-order chi connectivity index (χ1) is 8.72. The minimum Gasteiger partial charge on any atom is -0.490 e. The standard InChI is InChI=1S/C14H22BrNO2/c1-4-5-13(16-2)11-6-7-14(12(15)10-11)18-9-8-17-3/h6-7,10,13,16H,4-5,8-9H2,1-3H3. The van der Waals surface area contributed by atoms with Crippen LogP contribution >= 0.6 is 15.9 Å². The molecule has 3 nitrogen and oxygen atoms in total. The first-order valence-electron chi connectivity index (χ1n) is 6.31. The van der Waals surface area contributed by atoms with Crippen molar-refractivity contribution in [3.63, 3.8) is 0 Å². The monoisotopic (exact) mass is 315 g/mol. The summed E-state index contributed by atoms with van der Waals surface area (Å²) in [6.45, 7) is 3.36. The predicted molar refractivity (Wildman–Crippen MR) is 78.2 cm³/mol. The van der Waals surface area contributed by atoms with Gasteiger partial charge in [-0.15, -0.1) is 0 Å². The smallest absolute Gasteiger partial charge is 0.133 e. The van der Waals surface area contributed by atoms with Crippen LogP contribution in [0.1, 0.15) is 31.4 Å². The Morgan fingerprint density at radius 1 is 1.33 bits per heavy atom. The van der Waals surface area contributed by atoms with E-state index in [9.17, 15) is 0 Å². The van der Waals surface area contributed by atoms with Gasteiger partial charge in [0.05, 0.1) is 11.1 Å². The van der Waals surface area contributed by atoms with E-state index in [4.69, 9.17) is 9.47 Å². The lowest BCUT2D eigenvalue weighted by Gasteiger charge is -2.17. The SMILES string of the molecule is CCCC(NC)c1ccc(OCCOC)c(Br)c1. The summed E-state index contributed by atoms with van der Waals surface area (Å²) in [6.07, 6.45) is 2.29. The first-order valence-corrected chi connectivity index (χ1v) is 7.10. The summed E-state index contributed by atoms with van der Waals surface area (Å²) >= 11 is 3.55. The average molecular weight is 316 g/mol. The molecule has 1 unspecified atom stereocenters. The molecule has 4 heteroatoms. The molecule has 0 aliphatic carbocycles. The Labute approximate surface area is 118 Å². The van der Waals surface area contributed by atoms with Crippen LogP contribution in [0.5, 0.6) is 5.75 Å². The van der Waals surface area contributed by atoms with Gasteiger partial charge < -0.3 is 14.8 Å². The molecule has 0 spiro atoms. The molecule has 0 bridgehead atoms. The highest BCUT2D eigenvalue weighted by Crippen LogP contribution is 2.29. The van der Waals surface area contributed by atoms with Gasteiger partial charge in [0, 0.05) is 13.2 Å². The largest absolute Gasteiger partial charge is 0.490 e. The number of nitrogens with one attached hydrogen (secondary N) is 1. The van der Waals surface area contributed by atoms with Gasteiger partial charge in [-0.3, -0.25) is 0 Å². The summed E-state index contributed by atoms with van der Waals surface area (Å²) in [7, 11) is 3.67. The number of hydrogen-bond acceptors (Lipinski definition) is 3. The fourth-order valence-corrected chi connectivity index (χ4v) is 2.36. The summed E-state index contributed by atoms with van der Waals surface area (Å²) in [4.78, 5) is 0. The quantitative estimate of drug-likeness (QED) is 0.744. The Morgan fingerprint density at radius 3 is 2.67 bits per heavy atom. The maximum Gasteiger partial charge on any atom is 0.133 e. The van der Waals surface area contributed by atoms with Gasteiger partial charge in [0.15, 0.2) is 0 Å². The van der Waals surface area contributed by atoms with Crippen molar-refractivity contribution in [3.05, 3.63) is 28.2 Å². The van der Waals surface area contributed by atoms with Crippen LogP contribution in [0.3, 0.4) is 0 Å². The molecule has 18 heavy (non-hydrogen) atoms. The Bertz CT molecular complexity index is 358. The molecule has 1 rings (SSSR count). The summed E-state index contributed by atoms with van der Waals surface area (Å²) in [6, 6.07) is 6.65. The normalized spacial score (nSPS) is 12.4. The third kappa shape index (κ3) is 4.59.